The van der Waals surface area contributed by atoms with Gasteiger partial charge in [-0.3, -0.25) is 0 Å². The molecule has 0 aliphatic rings. The van der Waals surface area contributed by atoms with E-state index in [0.717, 1.165) is 12.8 Å². The summed E-state index contributed by atoms with van der Waals surface area (Å²) in [5, 5.41) is 0. The van der Waals surface area contributed by atoms with Gasteiger partial charge in [0.25, 0.3) is 0 Å². The van der Waals surface area contributed by atoms with Crippen LogP contribution in [0.4, 0.5) is 0 Å². The van der Waals surface area contributed by atoms with Crippen LogP contribution in [-0.4, -0.2) is 5.84 Å². The van der Waals surface area contributed by atoms with Gasteiger partial charge in [0.15, 0.2) is 0 Å². The van der Waals surface area contributed by atoms with Crippen LogP contribution in [0.25, 0.3) is 0 Å². The van der Waals surface area contributed by atoms with Gasteiger partial charge in [-0.15, -0.1) is 0 Å². The van der Waals surface area contributed by atoms with E-state index in [-0.39, 0.29) is 0 Å². The third-order valence-electron chi connectivity index (χ3n) is 1.51. The van der Waals surface area contributed by atoms with Crippen LogP contribution in [0.3, 0.4) is 0 Å². The van der Waals surface area contributed by atoms with Crippen molar-refractivity contribution in [2.45, 2.75) is 26.7 Å². The second-order valence-corrected chi connectivity index (χ2v) is 2.25. The van der Waals surface area contributed by atoms with Gasteiger partial charge in [-0.2, -0.15) is 0 Å². The summed E-state index contributed by atoms with van der Waals surface area (Å²) < 4.78 is 0. The van der Waals surface area contributed by atoms with Gasteiger partial charge < -0.3 is 5.73 Å². The van der Waals surface area contributed by atoms with Crippen molar-refractivity contribution in [3.05, 3.63) is 24.4 Å². The van der Waals surface area contributed by atoms with Gasteiger partial charge in [-0.05, 0) is 18.9 Å². The van der Waals surface area contributed by atoms with Crippen molar-refractivity contribution in [2.24, 2.45) is 10.7 Å². The summed E-state index contributed by atoms with van der Waals surface area (Å²) >= 11 is 0. The van der Waals surface area contributed by atoms with Crippen molar-refractivity contribution in [1.82, 2.24) is 0 Å². The molecule has 0 radical (unpaired) electrons. The molecule has 2 heteroatoms. The molecule has 0 aliphatic heterocycles. The van der Waals surface area contributed by atoms with Crippen LogP contribution in [0.1, 0.15) is 26.7 Å². The molecule has 0 aromatic heterocycles. The van der Waals surface area contributed by atoms with E-state index < -0.39 is 0 Å². The number of nitrogens with two attached hydrogens (primary N) is 1. The molecule has 0 heterocycles. The summed E-state index contributed by atoms with van der Waals surface area (Å²) in [6.45, 7) is 7.72. The lowest BCUT2D eigenvalue weighted by molar-refractivity contribution is 0.968. The van der Waals surface area contributed by atoms with Gasteiger partial charge in [0.2, 0.25) is 0 Å². The first-order valence-corrected chi connectivity index (χ1v) is 3.88. The molecule has 0 rings (SSSR count). The molecule has 0 aromatic carbocycles. The number of rotatable bonds is 4. The van der Waals surface area contributed by atoms with Gasteiger partial charge in [0, 0.05) is 6.20 Å². The summed E-state index contributed by atoms with van der Waals surface area (Å²) in [4.78, 5) is 4.00. The normalized spacial score (nSPS) is 10.9. The number of aliphatic imine (C=N–C) groups is 1. The molecule has 0 amide bonds. The van der Waals surface area contributed by atoms with Crippen molar-refractivity contribution in [2.75, 3.05) is 0 Å². The van der Waals surface area contributed by atoms with Crippen LogP contribution in [0.15, 0.2) is 29.4 Å². The minimum atomic E-state index is 0.476. The molecule has 0 aliphatic carbocycles. The Balaban J connectivity index is 4.17. The van der Waals surface area contributed by atoms with Gasteiger partial charge in [-0.1, -0.05) is 26.0 Å². The van der Waals surface area contributed by atoms with Crippen molar-refractivity contribution in [3.63, 3.8) is 0 Å². The molecule has 0 fully saturated rings. The highest BCUT2D eigenvalue weighted by molar-refractivity contribution is 5.91. The molecule has 2 nitrogen and oxygen atoms in total. The first-order chi connectivity index (χ1) is 5.24. The molecular formula is C9H16N2. The Kier molecular flexibility index (Phi) is 5.17. The summed E-state index contributed by atoms with van der Waals surface area (Å²) in [6, 6.07) is 0. The Bertz CT molecular complexity index is 172. The first kappa shape index (κ1) is 9.95. The molecule has 0 atom stereocenters. The average Bonchev–Trinajstić information content (AvgIpc) is 2.06. The number of hydrogen-bond acceptors (Lipinski definition) is 1. The van der Waals surface area contributed by atoms with E-state index in [1.807, 2.05) is 6.20 Å². The quantitative estimate of drug-likeness (QED) is 0.487. The van der Waals surface area contributed by atoms with Crippen LogP contribution in [0.5, 0.6) is 0 Å². The largest absolute Gasteiger partial charge is 0.384 e. The molecule has 0 saturated heterocycles. The summed E-state index contributed by atoms with van der Waals surface area (Å²) in [5.41, 5.74) is 6.72. The number of hydrogen-bond donors (Lipinski definition) is 1. The topological polar surface area (TPSA) is 38.4 Å². The summed E-state index contributed by atoms with van der Waals surface area (Å²) in [5.74, 6) is 0.476. The predicted octanol–water partition coefficient (Wildman–Crippen LogP) is 2.23. The highest BCUT2D eigenvalue weighted by Gasteiger charge is 1.87. The number of nitrogens with zero attached hydrogens (tertiary/aromatic N) is 1. The lowest BCUT2D eigenvalue weighted by atomic mass is 10.2. The molecule has 0 aromatic rings. The molecule has 0 bridgehead atoms. The monoisotopic (exact) mass is 152 g/mol. The number of allylic oxidation sites excluding steroid dienone is 1. The SMILES string of the molecule is C=CC(N)=NC=C(CC)CC. The Hall–Kier alpha value is -1.05. The van der Waals surface area contributed by atoms with E-state index in [0.29, 0.717) is 5.84 Å². The Morgan fingerprint density at radius 2 is 2.00 bits per heavy atom. The van der Waals surface area contributed by atoms with Gasteiger partial charge in [0.1, 0.15) is 5.84 Å². The zero-order valence-corrected chi connectivity index (χ0v) is 7.30. The van der Waals surface area contributed by atoms with Gasteiger partial charge in [0.05, 0.1) is 0 Å². The molecule has 62 valence electrons. The highest BCUT2D eigenvalue weighted by atomic mass is 14.8. The van der Waals surface area contributed by atoms with E-state index in [1.54, 1.807) is 6.08 Å². The second-order valence-electron chi connectivity index (χ2n) is 2.25. The third-order valence-corrected chi connectivity index (χ3v) is 1.51. The standard InChI is InChI=1S/C9H16N2/c1-4-8(5-2)7-11-9(10)6-3/h6-7H,3-5H2,1-2H3,(H2,10,11). The lowest BCUT2D eigenvalue weighted by Gasteiger charge is -1.95. The fraction of sp³-hybridized carbons (Fsp3) is 0.444. The fourth-order valence-corrected chi connectivity index (χ4v) is 0.651. The van der Waals surface area contributed by atoms with E-state index in [4.69, 9.17) is 5.73 Å². The maximum Gasteiger partial charge on any atom is 0.122 e. The second kappa shape index (κ2) is 5.71. The van der Waals surface area contributed by atoms with E-state index >= 15 is 0 Å². The van der Waals surface area contributed by atoms with Crippen LogP contribution < -0.4 is 5.73 Å². The highest BCUT2D eigenvalue weighted by Crippen LogP contribution is 2.04. The minimum Gasteiger partial charge on any atom is -0.384 e. The molecule has 0 unspecified atom stereocenters. The molecule has 2 N–H and O–H groups in total. The van der Waals surface area contributed by atoms with E-state index in [9.17, 15) is 0 Å². The van der Waals surface area contributed by atoms with Crippen molar-refractivity contribution >= 4 is 5.84 Å². The van der Waals surface area contributed by atoms with Crippen LogP contribution in [0, 0.1) is 0 Å². The first-order valence-electron chi connectivity index (χ1n) is 3.88. The Labute approximate surface area is 68.5 Å². The third kappa shape index (κ3) is 4.37. The van der Waals surface area contributed by atoms with Crippen LogP contribution in [0.2, 0.25) is 0 Å². The van der Waals surface area contributed by atoms with E-state index in [2.05, 4.69) is 25.4 Å². The molecule has 11 heavy (non-hydrogen) atoms. The van der Waals surface area contributed by atoms with Crippen molar-refractivity contribution < 1.29 is 0 Å². The van der Waals surface area contributed by atoms with Gasteiger partial charge >= 0.3 is 0 Å². The average molecular weight is 152 g/mol. The lowest BCUT2D eigenvalue weighted by Crippen LogP contribution is -2.05. The smallest absolute Gasteiger partial charge is 0.122 e. The fourth-order valence-electron chi connectivity index (χ4n) is 0.651. The van der Waals surface area contributed by atoms with Crippen molar-refractivity contribution in [3.8, 4) is 0 Å². The van der Waals surface area contributed by atoms with Crippen LogP contribution in [-0.2, 0) is 0 Å². The minimum absolute atomic E-state index is 0.476. The summed E-state index contributed by atoms with van der Waals surface area (Å²) in [6.07, 6.45) is 5.42. The van der Waals surface area contributed by atoms with Crippen molar-refractivity contribution in [1.29, 1.82) is 0 Å². The molecule has 0 spiro atoms. The zero-order chi connectivity index (χ0) is 8.69. The maximum absolute atomic E-state index is 5.42. The summed E-state index contributed by atoms with van der Waals surface area (Å²) in [7, 11) is 0. The van der Waals surface area contributed by atoms with Crippen LogP contribution >= 0.6 is 0 Å². The molecular weight excluding hydrogens is 136 g/mol. The Morgan fingerprint density at radius 1 is 1.45 bits per heavy atom. The number of amidine groups is 1. The predicted molar refractivity (Wildman–Crippen MR) is 50.5 cm³/mol. The van der Waals surface area contributed by atoms with E-state index in [1.165, 1.54) is 5.57 Å². The molecule has 0 saturated carbocycles. The maximum atomic E-state index is 5.42. The van der Waals surface area contributed by atoms with Gasteiger partial charge in [-0.25, -0.2) is 4.99 Å². The Morgan fingerprint density at radius 3 is 2.36 bits per heavy atom. The zero-order valence-electron chi connectivity index (χ0n) is 7.30.